The average Bonchev–Trinajstić information content (AvgIpc) is 2.92. The molecule has 2 N–H and O–H groups in total. The van der Waals surface area contributed by atoms with Crippen molar-refractivity contribution < 1.29 is 0 Å². The van der Waals surface area contributed by atoms with Gasteiger partial charge >= 0.3 is 0 Å². The zero-order chi connectivity index (χ0) is 10.1. The Morgan fingerprint density at radius 1 is 1.64 bits per heavy atom. The van der Waals surface area contributed by atoms with Crippen molar-refractivity contribution in [2.45, 2.75) is 45.7 Å². The molecule has 0 spiro atoms. The zero-order valence-electron chi connectivity index (χ0n) is 9.03. The third-order valence-electron chi connectivity index (χ3n) is 2.96. The molecule has 0 saturated heterocycles. The molecule has 0 aromatic carbocycles. The minimum absolute atomic E-state index is 0.344. The van der Waals surface area contributed by atoms with E-state index in [1.807, 2.05) is 6.92 Å². The summed E-state index contributed by atoms with van der Waals surface area (Å²) in [6, 6.07) is 2.50. The highest BCUT2D eigenvalue weighted by molar-refractivity contribution is 5.11. The van der Waals surface area contributed by atoms with Crippen LogP contribution in [0, 0.1) is 12.8 Å². The Hall–Kier alpha value is -0.830. The van der Waals surface area contributed by atoms with Crippen LogP contribution in [0.4, 0.5) is 0 Å². The second-order valence-electron chi connectivity index (χ2n) is 4.30. The van der Waals surface area contributed by atoms with E-state index in [4.69, 9.17) is 5.73 Å². The Balaban J connectivity index is 2.06. The van der Waals surface area contributed by atoms with Gasteiger partial charge in [-0.05, 0) is 38.7 Å². The number of nitrogens with zero attached hydrogens (tertiary/aromatic N) is 2. The smallest absolute Gasteiger partial charge is 0.0596 e. The van der Waals surface area contributed by atoms with Crippen LogP contribution in [0.3, 0.4) is 0 Å². The number of aryl methyl sites for hydroxylation is 2. The van der Waals surface area contributed by atoms with Crippen molar-refractivity contribution in [2.75, 3.05) is 0 Å². The molecule has 0 bridgehead atoms. The molecule has 78 valence electrons. The van der Waals surface area contributed by atoms with Gasteiger partial charge in [0.2, 0.25) is 0 Å². The van der Waals surface area contributed by atoms with E-state index in [0.717, 1.165) is 24.6 Å². The quantitative estimate of drug-likeness (QED) is 0.787. The van der Waals surface area contributed by atoms with E-state index in [0.29, 0.717) is 6.04 Å². The molecule has 1 aromatic rings. The summed E-state index contributed by atoms with van der Waals surface area (Å²) in [6.07, 6.45) is 3.63. The average molecular weight is 193 g/mol. The van der Waals surface area contributed by atoms with Crippen molar-refractivity contribution in [1.82, 2.24) is 9.78 Å². The molecular formula is C11H19N3. The van der Waals surface area contributed by atoms with Gasteiger partial charge in [-0.3, -0.25) is 4.68 Å². The highest BCUT2D eigenvalue weighted by atomic mass is 15.3. The Morgan fingerprint density at radius 3 is 2.93 bits per heavy atom. The summed E-state index contributed by atoms with van der Waals surface area (Å²) in [5, 5.41) is 4.42. The lowest BCUT2D eigenvalue weighted by Crippen LogP contribution is -2.26. The maximum absolute atomic E-state index is 6.10. The molecule has 3 nitrogen and oxygen atoms in total. The highest BCUT2D eigenvalue weighted by Crippen LogP contribution is 2.32. The first-order valence-electron chi connectivity index (χ1n) is 5.49. The first-order valence-corrected chi connectivity index (χ1v) is 5.49. The van der Waals surface area contributed by atoms with E-state index in [1.54, 1.807) is 0 Å². The van der Waals surface area contributed by atoms with Crippen molar-refractivity contribution in [2.24, 2.45) is 11.7 Å². The van der Waals surface area contributed by atoms with E-state index in [9.17, 15) is 0 Å². The third-order valence-corrected chi connectivity index (χ3v) is 2.96. The van der Waals surface area contributed by atoms with Gasteiger partial charge in [0, 0.05) is 24.7 Å². The number of rotatable bonds is 4. The highest BCUT2D eigenvalue weighted by Gasteiger charge is 2.29. The minimum atomic E-state index is 0.344. The van der Waals surface area contributed by atoms with Crippen LogP contribution in [0.25, 0.3) is 0 Å². The van der Waals surface area contributed by atoms with Crippen LogP contribution in [-0.4, -0.2) is 15.8 Å². The molecule has 1 aliphatic rings. The first kappa shape index (κ1) is 9.71. The molecule has 1 aromatic heterocycles. The number of nitrogens with two attached hydrogens (primary N) is 1. The van der Waals surface area contributed by atoms with Crippen molar-refractivity contribution in [3.63, 3.8) is 0 Å². The molecule has 1 aliphatic carbocycles. The summed E-state index contributed by atoms with van der Waals surface area (Å²) < 4.78 is 2.07. The van der Waals surface area contributed by atoms with E-state index in [-0.39, 0.29) is 0 Å². The maximum Gasteiger partial charge on any atom is 0.0596 e. The summed E-state index contributed by atoms with van der Waals surface area (Å²) in [5.74, 6) is 0.774. The van der Waals surface area contributed by atoms with Crippen molar-refractivity contribution in [3.05, 3.63) is 17.5 Å². The lowest BCUT2D eigenvalue weighted by molar-refractivity contribution is 0.542. The van der Waals surface area contributed by atoms with Gasteiger partial charge < -0.3 is 5.73 Å². The van der Waals surface area contributed by atoms with Gasteiger partial charge in [-0.25, -0.2) is 0 Å². The lowest BCUT2D eigenvalue weighted by Gasteiger charge is -2.10. The fourth-order valence-electron chi connectivity index (χ4n) is 1.97. The summed E-state index contributed by atoms with van der Waals surface area (Å²) in [6.45, 7) is 5.11. The van der Waals surface area contributed by atoms with Gasteiger partial charge in [0.15, 0.2) is 0 Å². The van der Waals surface area contributed by atoms with Gasteiger partial charge in [0.25, 0.3) is 0 Å². The van der Waals surface area contributed by atoms with Gasteiger partial charge in [-0.15, -0.1) is 0 Å². The molecule has 2 rings (SSSR count). The summed E-state index contributed by atoms with van der Waals surface area (Å²) in [5.41, 5.74) is 8.50. The topological polar surface area (TPSA) is 43.8 Å². The van der Waals surface area contributed by atoms with Crippen LogP contribution >= 0.6 is 0 Å². The summed E-state index contributed by atoms with van der Waals surface area (Å²) in [4.78, 5) is 0. The van der Waals surface area contributed by atoms with Crippen LogP contribution in [0.1, 0.15) is 31.2 Å². The van der Waals surface area contributed by atoms with E-state index in [2.05, 4.69) is 22.8 Å². The van der Waals surface area contributed by atoms with Gasteiger partial charge in [0.05, 0.1) is 5.69 Å². The van der Waals surface area contributed by atoms with Gasteiger partial charge in [0.1, 0.15) is 0 Å². The Morgan fingerprint density at radius 2 is 2.36 bits per heavy atom. The second-order valence-corrected chi connectivity index (χ2v) is 4.30. The minimum Gasteiger partial charge on any atom is -0.327 e. The largest absolute Gasteiger partial charge is 0.327 e. The lowest BCUT2D eigenvalue weighted by atomic mass is 10.1. The van der Waals surface area contributed by atoms with Crippen LogP contribution in [0.2, 0.25) is 0 Å². The Labute approximate surface area is 85.3 Å². The molecule has 14 heavy (non-hydrogen) atoms. The maximum atomic E-state index is 6.10. The van der Waals surface area contributed by atoms with Crippen molar-refractivity contribution in [1.29, 1.82) is 0 Å². The van der Waals surface area contributed by atoms with E-state index >= 15 is 0 Å². The van der Waals surface area contributed by atoms with Crippen LogP contribution < -0.4 is 5.73 Å². The van der Waals surface area contributed by atoms with E-state index in [1.165, 1.54) is 18.5 Å². The van der Waals surface area contributed by atoms with E-state index < -0.39 is 0 Å². The van der Waals surface area contributed by atoms with Crippen molar-refractivity contribution in [3.8, 4) is 0 Å². The second kappa shape index (κ2) is 3.73. The Bertz CT molecular complexity index is 312. The van der Waals surface area contributed by atoms with Crippen LogP contribution in [-0.2, 0) is 13.0 Å². The van der Waals surface area contributed by atoms with Crippen LogP contribution in [0.15, 0.2) is 6.07 Å². The molecule has 0 amide bonds. The molecule has 3 heteroatoms. The molecule has 0 radical (unpaired) electrons. The van der Waals surface area contributed by atoms with Gasteiger partial charge in [-0.1, -0.05) is 0 Å². The number of hydrogen-bond acceptors (Lipinski definition) is 2. The fourth-order valence-corrected chi connectivity index (χ4v) is 1.97. The fraction of sp³-hybridized carbons (Fsp3) is 0.727. The SMILES string of the molecule is CCn1nc(C)cc1CC(N)C1CC1. The number of aromatic nitrogens is 2. The predicted octanol–water partition coefficient (Wildman–Crippen LogP) is 1.49. The van der Waals surface area contributed by atoms with Crippen LogP contribution in [0.5, 0.6) is 0 Å². The normalized spacial score (nSPS) is 18.5. The third kappa shape index (κ3) is 1.98. The zero-order valence-corrected chi connectivity index (χ0v) is 9.03. The predicted molar refractivity (Wildman–Crippen MR) is 57.0 cm³/mol. The van der Waals surface area contributed by atoms with Gasteiger partial charge in [-0.2, -0.15) is 5.10 Å². The molecule has 1 heterocycles. The molecule has 1 unspecified atom stereocenters. The monoisotopic (exact) mass is 193 g/mol. The summed E-state index contributed by atoms with van der Waals surface area (Å²) in [7, 11) is 0. The van der Waals surface area contributed by atoms with Crippen molar-refractivity contribution >= 4 is 0 Å². The number of hydrogen-bond donors (Lipinski definition) is 1. The standard InChI is InChI=1S/C11H19N3/c1-3-14-10(6-8(2)13-14)7-11(12)9-4-5-9/h6,9,11H,3-5,7,12H2,1-2H3. The molecular weight excluding hydrogens is 174 g/mol. The molecule has 0 aliphatic heterocycles. The Kier molecular flexibility index (Phi) is 2.59. The molecule has 1 saturated carbocycles. The summed E-state index contributed by atoms with van der Waals surface area (Å²) >= 11 is 0. The molecule has 1 atom stereocenters. The molecule has 1 fully saturated rings. The first-order chi connectivity index (χ1) is 6.70.